The van der Waals surface area contributed by atoms with E-state index in [-0.39, 0.29) is 0 Å². The van der Waals surface area contributed by atoms with E-state index < -0.39 is 0 Å². The van der Waals surface area contributed by atoms with Crippen molar-refractivity contribution in [3.8, 4) is 0 Å². The van der Waals surface area contributed by atoms with Crippen LogP contribution in [0.5, 0.6) is 0 Å². The normalized spacial score (nSPS) is 13.4. The Bertz CT molecular complexity index is 928. The predicted octanol–water partition coefficient (Wildman–Crippen LogP) is 4.71. The molecular formula is C22H24N4. The Morgan fingerprint density at radius 1 is 0.885 bits per heavy atom. The summed E-state index contributed by atoms with van der Waals surface area (Å²) < 4.78 is 0. The van der Waals surface area contributed by atoms with Crippen LogP contribution in [0.2, 0.25) is 0 Å². The molecule has 0 saturated carbocycles. The van der Waals surface area contributed by atoms with Crippen molar-refractivity contribution in [2.24, 2.45) is 0 Å². The van der Waals surface area contributed by atoms with Crippen molar-refractivity contribution in [2.75, 3.05) is 16.8 Å². The van der Waals surface area contributed by atoms with Gasteiger partial charge in [-0.25, -0.2) is 9.97 Å². The average molecular weight is 344 g/mol. The van der Waals surface area contributed by atoms with Crippen molar-refractivity contribution in [3.63, 3.8) is 0 Å². The zero-order valence-corrected chi connectivity index (χ0v) is 15.6. The largest absolute Gasteiger partial charge is 0.352 e. The second-order valence-corrected chi connectivity index (χ2v) is 7.10. The predicted molar refractivity (Wildman–Crippen MR) is 107 cm³/mol. The first-order valence-electron chi connectivity index (χ1n) is 9.09. The third kappa shape index (κ3) is 3.54. The number of hydrogen-bond donors (Lipinski definition) is 1. The van der Waals surface area contributed by atoms with Gasteiger partial charge in [0.05, 0.1) is 0 Å². The fourth-order valence-corrected chi connectivity index (χ4v) is 3.66. The van der Waals surface area contributed by atoms with E-state index in [1.54, 1.807) is 0 Å². The first-order valence-corrected chi connectivity index (χ1v) is 9.09. The molecule has 2 aromatic carbocycles. The van der Waals surface area contributed by atoms with Gasteiger partial charge in [0.15, 0.2) is 0 Å². The fraction of sp³-hybridized carbons (Fsp3) is 0.273. The molecule has 1 N–H and O–H groups in total. The molecule has 4 nitrogen and oxygen atoms in total. The maximum atomic E-state index is 4.68. The molecule has 0 spiro atoms. The minimum absolute atomic E-state index is 0.785. The van der Waals surface area contributed by atoms with Gasteiger partial charge in [-0.1, -0.05) is 30.3 Å². The Balaban J connectivity index is 1.61. The maximum absolute atomic E-state index is 4.68. The highest BCUT2D eigenvalue weighted by molar-refractivity contribution is 5.61. The van der Waals surface area contributed by atoms with Gasteiger partial charge in [-0.3, -0.25) is 0 Å². The summed E-state index contributed by atoms with van der Waals surface area (Å²) in [5.41, 5.74) is 6.38. The molecule has 4 rings (SSSR count). The highest BCUT2D eigenvalue weighted by Gasteiger charge is 2.18. The van der Waals surface area contributed by atoms with Crippen LogP contribution in [0.1, 0.15) is 28.1 Å². The number of aromatic nitrogens is 2. The minimum atomic E-state index is 0.785. The lowest BCUT2D eigenvalue weighted by atomic mass is 10.00. The zero-order valence-electron chi connectivity index (χ0n) is 15.6. The monoisotopic (exact) mass is 344 g/mol. The number of nitrogens with one attached hydrogen (secondary N) is 1. The lowest BCUT2D eigenvalue weighted by molar-refractivity contribution is 0.717. The first kappa shape index (κ1) is 16.6. The zero-order chi connectivity index (χ0) is 18.1. The van der Waals surface area contributed by atoms with Gasteiger partial charge < -0.3 is 10.2 Å². The molecule has 0 unspecified atom stereocenters. The van der Waals surface area contributed by atoms with Crippen LogP contribution >= 0.6 is 0 Å². The van der Waals surface area contributed by atoms with Gasteiger partial charge in [-0.15, -0.1) is 0 Å². The second-order valence-electron chi connectivity index (χ2n) is 7.10. The Morgan fingerprint density at radius 2 is 1.62 bits per heavy atom. The molecule has 26 heavy (non-hydrogen) atoms. The van der Waals surface area contributed by atoms with Crippen LogP contribution in [-0.4, -0.2) is 16.5 Å². The van der Waals surface area contributed by atoms with E-state index in [1.807, 2.05) is 6.92 Å². The molecule has 1 aliphatic heterocycles. The molecule has 0 saturated heterocycles. The summed E-state index contributed by atoms with van der Waals surface area (Å²) in [6.45, 7) is 8.06. The summed E-state index contributed by atoms with van der Waals surface area (Å²) >= 11 is 0. The average Bonchev–Trinajstić information content (AvgIpc) is 2.60. The molecule has 0 aliphatic carbocycles. The Kier molecular flexibility index (Phi) is 4.33. The summed E-state index contributed by atoms with van der Waals surface area (Å²) in [6.07, 6.45) is 1.05. The first-order chi connectivity index (χ1) is 12.6. The van der Waals surface area contributed by atoms with Crippen LogP contribution in [0, 0.1) is 20.8 Å². The number of nitrogens with zero attached hydrogens (tertiary/aromatic N) is 3. The highest BCUT2D eigenvalue weighted by Crippen LogP contribution is 2.26. The molecule has 3 aromatic rings. The summed E-state index contributed by atoms with van der Waals surface area (Å²) in [6, 6.07) is 17.2. The van der Waals surface area contributed by atoms with Gasteiger partial charge in [0.25, 0.3) is 0 Å². The van der Waals surface area contributed by atoms with Crippen LogP contribution in [0.15, 0.2) is 48.5 Å². The van der Waals surface area contributed by atoms with Crippen LogP contribution in [0.4, 0.5) is 17.3 Å². The fourth-order valence-electron chi connectivity index (χ4n) is 3.66. The summed E-state index contributed by atoms with van der Waals surface area (Å²) in [5.74, 6) is 2.61. The quantitative estimate of drug-likeness (QED) is 0.747. The number of benzene rings is 2. The van der Waals surface area contributed by atoms with Crippen molar-refractivity contribution in [3.05, 3.63) is 76.6 Å². The summed E-state index contributed by atoms with van der Waals surface area (Å²) in [4.78, 5) is 11.6. The Hall–Kier alpha value is -2.88. The molecule has 2 heterocycles. The molecule has 1 aromatic heterocycles. The SMILES string of the molecule is Cc1cc(C)cc(Nc2cc(N3CCc4ccccc4C3)nc(C)n2)c1. The molecular weight excluding hydrogens is 320 g/mol. The van der Waals surface area contributed by atoms with Gasteiger partial charge in [-0.05, 0) is 61.6 Å². The third-order valence-corrected chi connectivity index (χ3v) is 4.77. The lowest BCUT2D eigenvalue weighted by Gasteiger charge is -2.30. The minimum Gasteiger partial charge on any atom is -0.352 e. The highest BCUT2D eigenvalue weighted by atomic mass is 15.2. The van der Waals surface area contributed by atoms with Crippen molar-refractivity contribution in [2.45, 2.75) is 33.7 Å². The number of rotatable bonds is 3. The van der Waals surface area contributed by atoms with Crippen molar-refractivity contribution in [1.29, 1.82) is 0 Å². The molecule has 1 aliphatic rings. The Labute approximate surface area is 154 Å². The van der Waals surface area contributed by atoms with E-state index >= 15 is 0 Å². The Morgan fingerprint density at radius 3 is 2.38 bits per heavy atom. The summed E-state index contributed by atoms with van der Waals surface area (Å²) in [7, 11) is 0. The molecule has 0 amide bonds. The lowest BCUT2D eigenvalue weighted by Crippen LogP contribution is -2.31. The molecule has 4 heteroatoms. The standard InChI is InChI=1S/C22H24N4/c1-15-10-16(2)12-20(11-15)25-21-13-22(24-17(3)23-21)26-9-8-18-6-4-5-7-19(18)14-26/h4-7,10-13H,8-9,14H2,1-3H3,(H,23,24,25). The molecule has 0 radical (unpaired) electrons. The van der Waals surface area contributed by atoms with Crippen LogP contribution < -0.4 is 10.2 Å². The van der Waals surface area contributed by atoms with Crippen molar-refractivity contribution < 1.29 is 0 Å². The van der Waals surface area contributed by atoms with E-state index in [0.717, 1.165) is 42.7 Å². The van der Waals surface area contributed by atoms with Crippen LogP contribution in [0.25, 0.3) is 0 Å². The number of aryl methyl sites for hydroxylation is 3. The van der Waals surface area contributed by atoms with Crippen molar-refractivity contribution in [1.82, 2.24) is 9.97 Å². The van der Waals surface area contributed by atoms with E-state index in [2.05, 4.69) is 82.6 Å². The number of fused-ring (bicyclic) bond motifs is 1. The van der Waals surface area contributed by atoms with Crippen LogP contribution in [-0.2, 0) is 13.0 Å². The molecule has 0 bridgehead atoms. The van der Waals surface area contributed by atoms with Gasteiger partial charge in [0.2, 0.25) is 0 Å². The van der Waals surface area contributed by atoms with E-state index in [0.29, 0.717) is 0 Å². The van der Waals surface area contributed by atoms with E-state index in [9.17, 15) is 0 Å². The molecule has 0 atom stereocenters. The topological polar surface area (TPSA) is 41.0 Å². The molecule has 0 fully saturated rings. The van der Waals surface area contributed by atoms with Gasteiger partial charge >= 0.3 is 0 Å². The maximum Gasteiger partial charge on any atom is 0.136 e. The van der Waals surface area contributed by atoms with Gasteiger partial charge in [0, 0.05) is 24.8 Å². The number of anilines is 3. The number of hydrogen-bond acceptors (Lipinski definition) is 4. The van der Waals surface area contributed by atoms with Gasteiger partial charge in [-0.2, -0.15) is 0 Å². The van der Waals surface area contributed by atoms with Gasteiger partial charge in [0.1, 0.15) is 17.5 Å². The summed E-state index contributed by atoms with van der Waals surface area (Å²) in [5, 5.41) is 3.45. The van der Waals surface area contributed by atoms with Crippen LogP contribution in [0.3, 0.4) is 0 Å². The van der Waals surface area contributed by atoms with Crippen molar-refractivity contribution >= 4 is 17.3 Å². The molecule has 132 valence electrons. The smallest absolute Gasteiger partial charge is 0.136 e. The second kappa shape index (κ2) is 6.79. The van der Waals surface area contributed by atoms with E-state index in [1.165, 1.54) is 22.3 Å². The third-order valence-electron chi connectivity index (χ3n) is 4.77. The van der Waals surface area contributed by atoms with E-state index in [4.69, 9.17) is 0 Å².